The highest BCUT2D eigenvalue weighted by Crippen LogP contribution is 2.27. The molecule has 0 saturated heterocycles. The van der Waals surface area contributed by atoms with E-state index in [4.69, 9.17) is 16.7 Å². The number of pyridine rings is 1. The Hall–Kier alpha value is -1.78. The van der Waals surface area contributed by atoms with Crippen molar-refractivity contribution in [1.29, 1.82) is 0 Å². The lowest BCUT2D eigenvalue weighted by molar-refractivity contribution is -0.131. The summed E-state index contributed by atoms with van der Waals surface area (Å²) < 4.78 is 0. The minimum atomic E-state index is -0.954. The van der Waals surface area contributed by atoms with E-state index >= 15 is 0 Å². The van der Waals surface area contributed by atoms with Gasteiger partial charge in [0.25, 0.3) is 0 Å². The fourth-order valence-corrected chi connectivity index (χ4v) is 2.69. The van der Waals surface area contributed by atoms with Gasteiger partial charge in [-0.15, -0.1) is 11.8 Å². The van der Waals surface area contributed by atoms with E-state index in [1.807, 2.05) is 30.3 Å². The summed E-state index contributed by atoms with van der Waals surface area (Å²) in [6.45, 7) is 0. The monoisotopic (exact) mass is 305 g/mol. The van der Waals surface area contributed by atoms with Gasteiger partial charge in [0.05, 0.1) is 5.02 Å². The zero-order valence-corrected chi connectivity index (χ0v) is 12.1. The summed E-state index contributed by atoms with van der Waals surface area (Å²) in [5, 5.41) is 10.0. The number of aliphatic carboxylic acids is 1. The van der Waals surface area contributed by atoms with Gasteiger partial charge in [0.1, 0.15) is 5.03 Å². The van der Waals surface area contributed by atoms with Crippen molar-refractivity contribution in [3.63, 3.8) is 0 Å². The molecule has 2 rings (SSSR count). The first-order valence-electron chi connectivity index (χ1n) is 5.88. The number of carboxylic acids is 1. The van der Waals surface area contributed by atoms with Crippen molar-refractivity contribution in [3.05, 3.63) is 64.8 Å². The normalized spacial score (nSPS) is 10.8. The van der Waals surface area contributed by atoms with Gasteiger partial charge in [-0.2, -0.15) is 0 Å². The third-order valence-corrected chi connectivity index (χ3v) is 3.96. The number of carbonyl (C=O) groups is 1. The van der Waals surface area contributed by atoms with E-state index in [1.54, 1.807) is 30.1 Å². The third kappa shape index (κ3) is 4.40. The second-order valence-electron chi connectivity index (χ2n) is 4.00. The van der Waals surface area contributed by atoms with Crippen molar-refractivity contribution < 1.29 is 9.90 Å². The summed E-state index contributed by atoms with van der Waals surface area (Å²) in [5.74, 6) is -0.226. The van der Waals surface area contributed by atoms with Crippen LogP contribution in [0.2, 0.25) is 5.02 Å². The van der Waals surface area contributed by atoms with Crippen molar-refractivity contribution in [1.82, 2.24) is 4.98 Å². The van der Waals surface area contributed by atoms with Crippen molar-refractivity contribution in [2.45, 2.75) is 10.8 Å². The molecule has 102 valence electrons. The Balaban J connectivity index is 2.05. The highest BCUT2D eigenvalue weighted by atomic mass is 35.5. The predicted octanol–water partition coefficient (Wildman–Crippen LogP) is 4.13. The van der Waals surface area contributed by atoms with Crippen LogP contribution in [0.4, 0.5) is 0 Å². The molecular formula is C15H12ClNO2S. The molecule has 1 heterocycles. The van der Waals surface area contributed by atoms with Gasteiger partial charge in [-0.25, -0.2) is 9.78 Å². The first-order valence-corrected chi connectivity index (χ1v) is 7.25. The molecule has 3 nitrogen and oxygen atoms in total. The third-order valence-electron chi connectivity index (χ3n) is 2.47. The molecule has 1 N–H and O–H groups in total. The first-order chi connectivity index (χ1) is 9.65. The molecule has 0 atom stereocenters. The van der Waals surface area contributed by atoms with Gasteiger partial charge in [0.15, 0.2) is 0 Å². The average molecular weight is 306 g/mol. The van der Waals surface area contributed by atoms with E-state index in [-0.39, 0.29) is 0 Å². The first kappa shape index (κ1) is 14.6. The Morgan fingerprint density at radius 3 is 2.95 bits per heavy atom. The van der Waals surface area contributed by atoms with Gasteiger partial charge in [-0.05, 0) is 29.3 Å². The topological polar surface area (TPSA) is 50.2 Å². The van der Waals surface area contributed by atoms with Gasteiger partial charge in [-0.1, -0.05) is 35.9 Å². The Morgan fingerprint density at radius 2 is 2.20 bits per heavy atom. The summed E-state index contributed by atoms with van der Waals surface area (Å²) in [6.07, 6.45) is 4.41. The number of thioether (sulfide) groups is 1. The molecule has 0 fully saturated rings. The second-order valence-corrected chi connectivity index (χ2v) is 5.37. The van der Waals surface area contributed by atoms with Crippen LogP contribution in [0.3, 0.4) is 0 Å². The number of halogens is 1. The van der Waals surface area contributed by atoms with E-state index in [1.165, 1.54) is 0 Å². The van der Waals surface area contributed by atoms with Crippen LogP contribution in [-0.2, 0) is 10.5 Å². The van der Waals surface area contributed by atoms with Crippen LogP contribution >= 0.6 is 23.4 Å². The van der Waals surface area contributed by atoms with Gasteiger partial charge >= 0.3 is 5.97 Å². The van der Waals surface area contributed by atoms with Crippen molar-refractivity contribution in [2.24, 2.45) is 0 Å². The summed E-state index contributed by atoms with van der Waals surface area (Å²) in [7, 11) is 0. The number of nitrogens with zero attached hydrogens (tertiary/aromatic N) is 1. The molecule has 0 bridgehead atoms. The summed E-state index contributed by atoms with van der Waals surface area (Å²) in [4.78, 5) is 14.7. The molecule has 20 heavy (non-hydrogen) atoms. The molecule has 0 amide bonds. The highest BCUT2D eigenvalue weighted by Gasteiger charge is 2.02. The highest BCUT2D eigenvalue weighted by molar-refractivity contribution is 7.98. The summed E-state index contributed by atoms with van der Waals surface area (Å²) >= 11 is 7.60. The molecule has 0 saturated carbocycles. The molecule has 0 aliphatic rings. The molecular weight excluding hydrogens is 294 g/mol. The molecule has 0 radical (unpaired) electrons. The number of hydrogen-bond acceptors (Lipinski definition) is 3. The lowest BCUT2D eigenvalue weighted by Gasteiger charge is -2.04. The van der Waals surface area contributed by atoms with Gasteiger partial charge in [0, 0.05) is 18.0 Å². The Kier molecular flexibility index (Phi) is 5.21. The number of rotatable bonds is 5. The van der Waals surface area contributed by atoms with Crippen LogP contribution in [0.25, 0.3) is 6.08 Å². The van der Waals surface area contributed by atoms with Gasteiger partial charge < -0.3 is 5.11 Å². The van der Waals surface area contributed by atoms with Crippen LogP contribution in [0.1, 0.15) is 11.1 Å². The fraction of sp³-hybridized carbons (Fsp3) is 0.0667. The van der Waals surface area contributed by atoms with Gasteiger partial charge in [0.2, 0.25) is 0 Å². The predicted molar refractivity (Wildman–Crippen MR) is 81.9 cm³/mol. The van der Waals surface area contributed by atoms with Crippen molar-refractivity contribution in [3.8, 4) is 0 Å². The van der Waals surface area contributed by atoms with Crippen LogP contribution in [0.5, 0.6) is 0 Å². The number of carboxylic acid groups (broad SMARTS) is 1. The minimum Gasteiger partial charge on any atom is -0.478 e. The van der Waals surface area contributed by atoms with Crippen LogP contribution in [0.15, 0.2) is 53.7 Å². The summed E-state index contributed by atoms with van der Waals surface area (Å²) in [6, 6.07) is 11.3. The smallest absolute Gasteiger partial charge is 0.328 e. The minimum absolute atomic E-state index is 0.638. The second kappa shape index (κ2) is 7.12. The SMILES string of the molecule is O=C(O)C=Cc1cccc(CSc2ncccc2Cl)c1. The van der Waals surface area contributed by atoms with Crippen LogP contribution in [0, 0.1) is 0 Å². The molecule has 2 aromatic rings. The van der Waals surface area contributed by atoms with Crippen molar-refractivity contribution >= 4 is 35.4 Å². The maximum atomic E-state index is 10.5. The molecule has 1 aromatic carbocycles. The van der Waals surface area contributed by atoms with E-state index in [2.05, 4.69) is 4.98 Å². The molecule has 0 aliphatic heterocycles. The number of aromatic nitrogens is 1. The van der Waals surface area contributed by atoms with E-state index in [0.29, 0.717) is 5.02 Å². The van der Waals surface area contributed by atoms with Gasteiger partial charge in [-0.3, -0.25) is 0 Å². The Bertz CT molecular complexity index is 643. The van der Waals surface area contributed by atoms with E-state index in [0.717, 1.165) is 28.0 Å². The van der Waals surface area contributed by atoms with Crippen molar-refractivity contribution in [2.75, 3.05) is 0 Å². The number of hydrogen-bond donors (Lipinski definition) is 1. The fourth-order valence-electron chi connectivity index (χ4n) is 1.58. The molecule has 5 heteroatoms. The molecule has 0 aliphatic carbocycles. The Labute approximate surface area is 126 Å². The van der Waals surface area contributed by atoms with E-state index < -0.39 is 5.97 Å². The molecule has 1 aromatic heterocycles. The van der Waals surface area contributed by atoms with Crippen LogP contribution < -0.4 is 0 Å². The molecule has 0 unspecified atom stereocenters. The largest absolute Gasteiger partial charge is 0.478 e. The molecule has 0 spiro atoms. The zero-order valence-electron chi connectivity index (χ0n) is 10.5. The zero-order chi connectivity index (χ0) is 14.4. The lowest BCUT2D eigenvalue weighted by atomic mass is 10.1. The van der Waals surface area contributed by atoms with E-state index in [9.17, 15) is 4.79 Å². The number of benzene rings is 1. The average Bonchev–Trinajstić information content (AvgIpc) is 2.45. The maximum absolute atomic E-state index is 10.5. The standard InChI is InChI=1S/C15H12ClNO2S/c16-13-5-2-8-17-15(13)20-10-12-4-1-3-11(9-12)6-7-14(18)19/h1-9H,10H2,(H,18,19). The Morgan fingerprint density at radius 1 is 1.35 bits per heavy atom. The lowest BCUT2D eigenvalue weighted by Crippen LogP contribution is -1.87. The quantitative estimate of drug-likeness (QED) is 0.666. The maximum Gasteiger partial charge on any atom is 0.328 e. The summed E-state index contributed by atoms with van der Waals surface area (Å²) in [5.41, 5.74) is 1.95. The van der Waals surface area contributed by atoms with Crippen LogP contribution in [-0.4, -0.2) is 16.1 Å².